The molecule has 1 aliphatic heterocycles. The fourth-order valence-electron chi connectivity index (χ4n) is 2.88. The monoisotopic (exact) mass is 406 g/mol. The molecular weight excluding hydrogens is 388 g/mol. The van der Waals surface area contributed by atoms with Crippen LogP contribution >= 0.6 is 24.0 Å². The number of benzene rings is 1. The minimum Gasteiger partial charge on any atom is -0.329 e. The van der Waals surface area contributed by atoms with Gasteiger partial charge in [-0.05, 0) is 37.0 Å². The van der Waals surface area contributed by atoms with Gasteiger partial charge >= 0.3 is 6.18 Å². The van der Waals surface area contributed by atoms with Crippen molar-refractivity contribution in [2.75, 3.05) is 13.1 Å². The van der Waals surface area contributed by atoms with Crippen molar-refractivity contribution in [3.8, 4) is 0 Å². The summed E-state index contributed by atoms with van der Waals surface area (Å²) in [6.07, 6.45) is -3.23. The Morgan fingerprint density at radius 2 is 2.00 bits per heavy atom. The van der Waals surface area contributed by atoms with Crippen LogP contribution in [0, 0.1) is 5.92 Å². The third-order valence-corrected chi connectivity index (χ3v) is 6.41. The zero-order chi connectivity index (χ0) is 17.4. The Bertz CT molecular complexity index is 683. The van der Waals surface area contributed by atoms with Crippen LogP contribution in [0.15, 0.2) is 23.1 Å². The Morgan fingerprint density at radius 3 is 2.54 bits per heavy atom. The van der Waals surface area contributed by atoms with E-state index in [1.165, 1.54) is 4.31 Å². The maximum Gasteiger partial charge on any atom is 0.417 e. The molecule has 4 nitrogen and oxygen atoms in total. The molecule has 1 fully saturated rings. The normalized spacial score (nSPS) is 22.9. The van der Waals surface area contributed by atoms with E-state index in [0.717, 1.165) is 18.6 Å². The Hall–Kier alpha value is -0.540. The Kier molecular flexibility index (Phi) is 6.97. The average Bonchev–Trinajstić information content (AvgIpc) is 2.46. The van der Waals surface area contributed by atoms with E-state index in [-0.39, 0.29) is 31.4 Å². The molecule has 0 spiro atoms. The Labute approximate surface area is 150 Å². The van der Waals surface area contributed by atoms with Crippen LogP contribution < -0.4 is 5.73 Å². The molecule has 1 saturated heterocycles. The van der Waals surface area contributed by atoms with Crippen LogP contribution in [0.4, 0.5) is 13.2 Å². The Morgan fingerprint density at radius 1 is 1.38 bits per heavy atom. The van der Waals surface area contributed by atoms with Crippen LogP contribution in [0.25, 0.3) is 0 Å². The van der Waals surface area contributed by atoms with E-state index in [1.807, 2.05) is 6.92 Å². The van der Waals surface area contributed by atoms with Gasteiger partial charge in [-0.2, -0.15) is 17.5 Å². The molecule has 0 aromatic heterocycles. The van der Waals surface area contributed by atoms with Gasteiger partial charge < -0.3 is 5.73 Å². The predicted octanol–water partition coefficient (Wildman–Crippen LogP) is 3.53. The summed E-state index contributed by atoms with van der Waals surface area (Å²) in [5.74, 6) is 0.0536. The molecule has 0 saturated carbocycles. The first kappa shape index (κ1) is 21.5. The van der Waals surface area contributed by atoms with Gasteiger partial charge in [0.2, 0.25) is 10.0 Å². The van der Waals surface area contributed by atoms with Gasteiger partial charge in [-0.3, -0.25) is 0 Å². The molecule has 2 N–H and O–H groups in total. The molecule has 0 aliphatic carbocycles. The molecule has 0 radical (unpaired) electrons. The minimum atomic E-state index is -4.72. The van der Waals surface area contributed by atoms with Crippen LogP contribution in [0.5, 0.6) is 0 Å². The van der Waals surface area contributed by atoms with E-state index < -0.39 is 37.7 Å². The molecule has 24 heavy (non-hydrogen) atoms. The summed E-state index contributed by atoms with van der Waals surface area (Å²) in [5, 5.41) is -0.529. The molecule has 1 aromatic carbocycles. The summed E-state index contributed by atoms with van der Waals surface area (Å²) < 4.78 is 65.6. The second-order valence-electron chi connectivity index (χ2n) is 5.68. The van der Waals surface area contributed by atoms with Crippen molar-refractivity contribution in [2.24, 2.45) is 11.7 Å². The second kappa shape index (κ2) is 7.78. The van der Waals surface area contributed by atoms with E-state index in [9.17, 15) is 21.6 Å². The van der Waals surface area contributed by atoms with Gasteiger partial charge in [-0.15, -0.1) is 12.4 Å². The average molecular weight is 407 g/mol. The van der Waals surface area contributed by atoms with Crippen molar-refractivity contribution < 1.29 is 21.6 Å². The van der Waals surface area contributed by atoms with Gasteiger partial charge in [0.05, 0.1) is 15.5 Å². The van der Waals surface area contributed by atoms with Gasteiger partial charge in [0.1, 0.15) is 0 Å². The highest BCUT2D eigenvalue weighted by molar-refractivity contribution is 7.89. The minimum absolute atomic E-state index is 0. The van der Waals surface area contributed by atoms with Crippen molar-refractivity contribution in [3.05, 3.63) is 28.8 Å². The fraction of sp³-hybridized carbons (Fsp3) is 0.571. The molecule has 138 valence electrons. The molecule has 1 aliphatic rings. The highest BCUT2D eigenvalue weighted by Crippen LogP contribution is 2.37. The topological polar surface area (TPSA) is 63.4 Å². The van der Waals surface area contributed by atoms with Crippen LogP contribution in [-0.4, -0.2) is 31.9 Å². The van der Waals surface area contributed by atoms with Crippen molar-refractivity contribution >= 4 is 34.0 Å². The van der Waals surface area contributed by atoms with Crippen LogP contribution in [0.1, 0.15) is 25.3 Å². The lowest BCUT2D eigenvalue weighted by atomic mass is 9.93. The standard InChI is InChI=1S/C14H18ClF3N2O2S.ClH/c1-9-3-2-6-20(13(9)8-19)23(21,22)10-4-5-12(15)11(7-10)14(16,17)18;/h4-5,7,9,13H,2-3,6,8,19H2,1H3;1H. The summed E-state index contributed by atoms with van der Waals surface area (Å²) >= 11 is 5.55. The number of alkyl halides is 3. The van der Waals surface area contributed by atoms with Gasteiger partial charge in [0, 0.05) is 19.1 Å². The van der Waals surface area contributed by atoms with E-state index in [4.69, 9.17) is 17.3 Å². The maximum atomic E-state index is 13.0. The van der Waals surface area contributed by atoms with E-state index in [0.29, 0.717) is 12.5 Å². The number of hydrogen-bond acceptors (Lipinski definition) is 3. The van der Waals surface area contributed by atoms with Gasteiger partial charge in [0.15, 0.2) is 0 Å². The number of nitrogens with two attached hydrogens (primary N) is 1. The molecule has 0 amide bonds. The first-order valence-electron chi connectivity index (χ1n) is 7.17. The lowest BCUT2D eigenvalue weighted by molar-refractivity contribution is -0.137. The molecule has 2 atom stereocenters. The number of piperidine rings is 1. The van der Waals surface area contributed by atoms with Crippen molar-refractivity contribution in [3.63, 3.8) is 0 Å². The van der Waals surface area contributed by atoms with E-state index in [2.05, 4.69) is 0 Å². The molecule has 1 aromatic rings. The lowest BCUT2D eigenvalue weighted by Gasteiger charge is -2.38. The zero-order valence-corrected chi connectivity index (χ0v) is 15.3. The molecule has 2 unspecified atom stereocenters. The van der Waals surface area contributed by atoms with E-state index >= 15 is 0 Å². The lowest BCUT2D eigenvalue weighted by Crippen LogP contribution is -2.51. The summed E-state index contributed by atoms with van der Waals surface area (Å²) in [6.45, 7) is 2.26. The van der Waals surface area contributed by atoms with Gasteiger partial charge in [-0.25, -0.2) is 8.42 Å². The molecule has 0 bridgehead atoms. The summed E-state index contributed by atoms with van der Waals surface area (Å²) in [5.41, 5.74) is 4.52. The number of halogens is 5. The third-order valence-electron chi connectivity index (χ3n) is 4.16. The summed E-state index contributed by atoms with van der Waals surface area (Å²) in [4.78, 5) is -0.415. The molecular formula is C14H19Cl2F3N2O2S. The zero-order valence-electron chi connectivity index (χ0n) is 12.9. The highest BCUT2D eigenvalue weighted by atomic mass is 35.5. The second-order valence-corrected chi connectivity index (χ2v) is 7.98. The largest absolute Gasteiger partial charge is 0.417 e. The third kappa shape index (κ3) is 4.16. The predicted molar refractivity (Wildman–Crippen MR) is 88.8 cm³/mol. The van der Waals surface area contributed by atoms with Crippen molar-refractivity contribution in [1.29, 1.82) is 0 Å². The summed E-state index contributed by atoms with van der Waals surface area (Å²) in [6, 6.07) is 2.23. The number of nitrogens with zero attached hydrogens (tertiary/aromatic N) is 1. The molecule has 1 heterocycles. The fourth-order valence-corrected chi connectivity index (χ4v) is 4.90. The van der Waals surface area contributed by atoms with Gasteiger partial charge in [0.25, 0.3) is 0 Å². The molecule has 10 heteroatoms. The summed E-state index contributed by atoms with van der Waals surface area (Å²) in [7, 11) is -4.06. The van der Waals surface area contributed by atoms with Crippen LogP contribution in [0.3, 0.4) is 0 Å². The van der Waals surface area contributed by atoms with Crippen LogP contribution in [-0.2, 0) is 16.2 Å². The van der Waals surface area contributed by atoms with Crippen molar-refractivity contribution in [2.45, 2.75) is 36.9 Å². The van der Waals surface area contributed by atoms with Crippen LogP contribution in [0.2, 0.25) is 5.02 Å². The highest BCUT2D eigenvalue weighted by Gasteiger charge is 2.39. The maximum absolute atomic E-state index is 13.0. The smallest absolute Gasteiger partial charge is 0.329 e. The Balaban J connectivity index is 0.00000288. The first-order chi connectivity index (χ1) is 10.6. The quantitative estimate of drug-likeness (QED) is 0.834. The number of rotatable bonds is 3. The molecule has 2 rings (SSSR count). The van der Waals surface area contributed by atoms with Crippen molar-refractivity contribution in [1.82, 2.24) is 4.31 Å². The SMILES string of the molecule is CC1CCCN(S(=O)(=O)c2ccc(Cl)c(C(F)(F)F)c2)C1CN.Cl. The first-order valence-corrected chi connectivity index (χ1v) is 8.99. The number of hydrogen-bond donors (Lipinski definition) is 1. The van der Waals surface area contributed by atoms with E-state index in [1.54, 1.807) is 0 Å². The van der Waals surface area contributed by atoms with Gasteiger partial charge in [-0.1, -0.05) is 18.5 Å². The number of sulfonamides is 1.